The molecule has 0 saturated carbocycles. The molecule has 23 heavy (non-hydrogen) atoms. The third-order valence-electron chi connectivity index (χ3n) is 3.59. The second-order valence-electron chi connectivity index (χ2n) is 7.41. The summed E-state index contributed by atoms with van der Waals surface area (Å²) in [5.74, 6) is 0. The first kappa shape index (κ1) is 21.5. The maximum absolute atomic E-state index is 8.80. The normalized spacial score (nSPS) is 22.0. The molecule has 1 saturated heterocycles. The Kier molecular flexibility index (Phi) is 8.18. The molecule has 0 N–H and O–H groups in total. The fourth-order valence-electron chi connectivity index (χ4n) is 2.78. The van der Waals surface area contributed by atoms with Gasteiger partial charge in [0.25, 0.3) is 8.53 Å². The van der Waals surface area contributed by atoms with Crippen LogP contribution < -0.4 is 0 Å². The van der Waals surface area contributed by atoms with Crippen LogP contribution in [0.25, 0.3) is 0 Å². The van der Waals surface area contributed by atoms with Crippen LogP contribution in [0, 0.1) is 11.3 Å². The highest BCUT2D eigenvalue weighted by Crippen LogP contribution is 2.62. The predicted octanol–water partition coefficient (Wildman–Crippen LogP) is 5.60. The highest BCUT2D eigenvalue weighted by molar-refractivity contribution is 8.78. The third-order valence-corrected chi connectivity index (χ3v) is 9.89. The molecule has 1 atom stereocenters. The number of nitriles is 1. The summed E-state index contributed by atoms with van der Waals surface area (Å²) in [5.41, 5.74) is 0. The average molecular weight is 379 g/mol. The zero-order valence-corrected chi connectivity index (χ0v) is 18.1. The standard InChI is InChI=1S/C16H31N2O2PS2/c1-12(2)18(13(3)4)21(19-11-9-10-17)20-14-15(5,6)22-23-16(14,7)8/h12-14H,9,11H2,1-8H3. The third kappa shape index (κ3) is 5.76. The maximum Gasteiger partial charge on any atom is 0.259 e. The number of rotatable bonds is 8. The van der Waals surface area contributed by atoms with Crippen molar-refractivity contribution in [2.45, 2.75) is 89.5 Å². The van der Waals surface area contributed by atoms with E-state index in [9.17, 15) is 0 Å². The molecule has 0 amide bonds. The molecule has 0 aromatic rings. The van der Waals surface area contributed by atoms with Gasteiger partial charge in [-0.3, -0.25) is 0 Å². The minimum absolute atomic E-state index is 0.0347. The van der Waals surface area contributed by atoms with Gasteiger partial charge in [-0.1, -0.05) is 21.6 Å². The maximum atomic E-state index is 8.80. The molecule has 7 heteroatoms. The quantitative estimate of drug-likeness (QED) is 0.311. The lowest BCUT2D eigenvalue weighted by Crippen LogP contribution is -2.44. The fraction of sp³-hybridized carbons (Fsp3) is 0.938. The Bertz CT molecular complexity index is 401. The molecule has 1 aliphatic rings. The van der Waals surface area contributed by atoms with Gasteiger partial charge in [0.1, 0.15) is 0 Å². The van der Waals surface area contributed by atoms with Gasteiger partial charge in [-0.05, 0) is 55.4 Å². The highest BCUT2D eigenvalue weighted by Gasteiger charge is 2.52. The smallest absolute Gasteiger partial charge is 0.259 e. The van der Waals surface area contributed by atoms with Crippen LogP contribution in [0.4, 0.5) is 0 Å². The van der Waals surface area contributed by atoms with E-state index in [-0.39, 0.29) is 15.6 Å². The van der Waals surface area contributed by atoms with Crippen LogP contribution in [0.3, 0.4) is 0 Å². The van der Waals surface area contributed by atoms with Crippen molar-refractivity contribution in [3.05, 3.63) is 0 Å². The van der Waals surface area contributed by atoms with Crippen molar-refractivity contribution >= 4 is 30.1 Å². The molecule has 0 aliphatic carbocycles. The summed E-state index contributed by atoms with van der Waals surface area (Å²) in [6.07, 6.45) is 0.492. The van der Waals surface area contributed by atoms with Gasteiger partial charge in [-0.2, -0.15) is 5.26 Å². The van der Waals surface area contributed by atoms with E-state index >= 15 is 0 Å². The van der Waals surface area contributed by atoms with Gasteiger partial charge in [0.2, 0.25) is 0 Å². The van der Waals surface area contributed by atoms with Gasteiger partial charge >= 0.3 is 0 Å². The largest absolute Gasteiger partial charge is 0.321 e. The molecule has 0 spiro atoms. The number of hydrogen-bond donors (Lipinski definition) is 0. The SMILES string of the molecule is CC(C)N(C(C)C)P(OCCC#N)OC1C(C)(C)SSC1(C)C. The lowest BCUT2D eigenvalue weighted by atomic mass is 9.95. The predicted molar refractivity (Wildman–Crippen MR) is 103 cm³/mol. The van der Waals surface area contributed by atoms with Crippen LogP contribution in [0.5, 0.6) is 0 Å². The molecule has 4 nitrogen and oxygen atoms in total. The van der Waals surface area contributed by atoms with E-state index in [1.807, 2.05) is 21.6 Å². The highest BCUT2D eigenvalue weighted by atomic mass is 33.1. The number of nitrogens with zero attached hydrogens (tertiary/aromatic N) is 2. The Hall–Kier alpha value is 0.500. The van der Waals surface area contributed by atoms with E-state index in [1.54, 1.807) is 0 Å². The molecule has 1 rings (SSSR count). The van der Waals surface area contributed by atoms with Gasteiger partial charge in [-0.25, -0.2) is 4.67 Å². The monoisotopic (exact) mass is 378 g/mol. The minimum atomic E-state index is -1.19. The van der Waals surface area contributed by atoms with Crippen LogP contribution in [-0.4, -0.2) is 39.0 Å². The summed E-state index contributed by atoms with van der Waals surface area (Å²) in [6, 6.07) is 2.81. The summed E-state index contributed by atoms with van der Waals surface area (Å²) in [6.45, 7) is 18.0. The van der Waals surface area contributed by atoms with E-state index in [2.05, 4.69) is 66.1 Å². The molecular weight excluding hydrogens is 347 g/mol. The lowest BCUT2D eigenvalue weighted by Gasteiger charge is -2.41. The van der Waals surface area contributed by atoms with Crippen molar-refractivity contribution in [1.82, 2.24) is 4.67 Å². The summed E-state index contributed by atoms with van der Waals surface area (Å²) in [5, 5.41) is 8.80. The van der Waals surface area contributed by atoms with Crippen LogP contribution in [0.15, 0.2) is 0 Å². The zero-order valence-electron chi connectivity index (χ0n) is 15.6. The first-order chi connectivity index (χ1) is 10.5. The van der Waals surface area contributed by atoms with Crippen LogP contribution in [0.2, 0.25) is 0 Å². The minimum Gasteiger partial charge on any atom is -0.321 e. The zero-order chi connectivity index (χ0) is 17.8. The Morgan fingerprint density at radius 2 is 1.57 bits per heavy atom. The van der Waals surface area contributed by atoms with E-state index in [0.717, 1.165) is 0 Å². The average Bonchev–Trinajstić information content (AvgIpc) is 2.60. The second-order valence-corrected chi connectivity index (χ2v) is 12.2. The van der Waals surface area contributed by atoms with Crippen molar-refractivity contribution in [1.29, 1.82) is 5.26 Å². The van der Waals surface area contributed by atoms with Gasteiger partial charge in [-0.15, -0.1) is 0 Å². The Morgan fingerprint density at radius 3 is 1.96 bits per heavy atom. The second kappa shape index (κ2) is 8.74. The van der Waals surface area contributed by atoms with Crippen LogP contribution >= 0.6 is 30.1 Å². The molecule has 1 aliphatic heterocycles. The van der Waals surface area contributed by atoms with E-state index in [0.29, 0.717) is 25.1 Å². The van der Waals surface area contributed by atoms with Gasteiger partial charge in [0, 0.05) is 21.6 Å². The van der Waals surface area contributed by atoms with E-state index in [4.69, 9.17) is 14.3 Å². The summed E-state index contributed by atoms with van der Waals surface area (Å²) < 4.78 is 15.0. The van der Waals surface area contributed by atoms with Gasteiger partial charge in [0.15, 0.2) is 0 Å². The first-order valence-corrected chi connectivity index (χ1v) is 11.4. The van der Waals surface area contributed by atoms with Gasteiger partial charge in [0.05, 0.1) is 25.2 Å². The van der Waals surface area contributed by atoms with Crippen molar-refractivity contribution in [3.8, 4) is 6.07 Å². The topological polar surface area (TPSA) is 45.5 Å². The van der Waals surface area contributed by atoms with Crippen LogP contribution in [-0.2, 0) is 9.05 Å². The first-order valence-electron chi connectivity index (χ1n) is 8.14. The summed E-state index contributed by atoms with van der Waals surface area (Å²) in [4.78, 5) is 0. The molecule has 0 aromatic heterocycles. The fourth-order valence-corrected chi connectivity index (χ4v) is 8.11. The Morgan fingerprint density at radius 1 is 1.09 bits per heavy atom. The van der Waals surface area contributed by atoms with Crippen LogP contribution in [0.1, 0.15) is 61.8 Å². The van der Waals surface area contributed by atoms with Crippen molar-refractivity contribution in [2.24, 2.45) is 0 Å². The lowest BCUT2D eigenvalue weighted by molar-refractivity contribution is 0.0978. The summed E-state index contributed by atoms with van der Waals surface area (Å²) in [7, 11) is 2.59. The Balaban J connectivity index is 2.97. The van der Waals surface area contributed by atoms with Crippen molar-refractivity contribution in [2.75, 3.05) is 6.61 Å². The molecule has 1 fully saturated rings. The van der Waals surface area contributed by atoms with Crippen molar-refractivity contribution < 1.29 is 9.05 Å². The molecule has 1 unspecified atom stereocenters. The number of hydrogen-bond acceptors (Lipinski definition) is 6. The molecule has 0 aromatic carbocycles. The van der Waals surface area contributed by atoms with E-state index in [1.165, 1.54) is 0 Å². The molecular formula is C16H31N2O2PS2. The van der Waals surface area contributed by atoms with Crippen molar-refractivity contribution in [3.63, 3.8) is 0 Å². The summed E-state index contributed by atoms with van der Waals surface area (Å²) >= 11 is 0. The van der Waals surface area contributed by atoms with E-state index < -0.39 is 8.53 Å². The molecule has 0 bridgehead atoms. The molecule has 134 valence electrons. The Labute approximate surface area is 151 Å². The molecule has 1 heterocycles. The molecule has 0 radical (unpaired) electrons. The van der Waals surface area contributed by atoms with Gasteiger partial charge < -0.3 is 9.05 Å².